The predicted molar refractivity (Wildman–Crippen MR) is 60.9 cm³/mol. The van der Waals surface area contributed by atoms with E-state index < -0.39 is 11.6 Å². The molecule has 6 nitrogen and oxygen atoms in total. The highest BCUT2D eigenvalue weighted by Crippen LogP contribution is 2.29. The van der Waals surface area contributed by atoms with Gasteiger partial charge in [0.1, 0.15) is 5.82 Å². The Bertz CT molecular complexity index is 399. The number of nitrogens with one attached hydrogen (secondary N) is 1. The van der Waals surface area contributed by atoms with Gasteiger partial charge in [-0.05, 0) is 25.0 Å². The molecule has 0 spiro atoms. The standard InChI is InChI=1S/C11H15N3O3/c15-10(16)8-3-4-9(14-13-8)12-7-11(17)5-1-2-6-11/h3-4,17H,1-2,5-7H2,(H,12,14)(H,15,16). The predicted octanol–water partition coefficient (Wildman–Crippen LogP) is 0.892. The summed E-state index contributed by atoms with van der Waals surface area (Å²) < 4.78 is 0. The Labute approximate surface area is 98.7 Å². The molecular weight excluding hydrogens is 222 g/mol. The molecule has 1 fully saturated rings. The van der Waals surface area contributed by atoms with E-state index in [0.29, 0.717) is 12.4 Å². The SMILES string of the molecule is O=C(O)c1ccc(NCC2(O)CCCC2)nn1. The number of anilines is 1. The van der Waals surface area contributed by atoms with Gasteiger partial charge in [-0.1, -0.05) is 12.8 Å². The quantitative estimate of drug-likeness (QED) is 0.719. The second-order valence-corrected chi connectivity index (χ2v) is 4.39. The normalized spacial score (nSPS) is 17.9. The molecule has 3 N–H and O–H groups in total. The van der Waals surface area contributed by atoms with E-state index in [1.54, 1.807) is 6.07 Å². The van der Waals surface area contributed by atoms with Gasteiger partial charge in [-0.2, -0.15) is 0 Å². The van der Waals surface area contributed by atoms with Crippen molar-refractivity contribution < 1.29 is 15.0 Å². The smallest absolute Gasteiger partial charge is 0.356 e. The molecule has 6 heteroatoms. The number of carboxylic acids is 1. The molecule has 1 aliphatic rings. The lowest BCUT2D eigenvalue weighted by Gasteiger charge is -2.22. The van der Waals surface area contributed by atoms with Crippen LogP contribution in [-0.4, -0.2) is 38.5 Å². The first-order valence-corrected chi connectivity index (χ1v) is 5.62. The first kappa shape index (κ1) is 11.8. The van der Waals surface area contributed by atoms with E-state index in [9.17, 15) is 9.90 Å². The van der Waals surface area contributed by atoms with E-state index in [2.05, 4.69) is 15.5 Å². The molecule has 0 aromatic carbocycles. The topological polar surface area (TPSA) is 95.3 Å². The fourth-order valence-electron chi connectivity index (χ4n) is 2.01. The van der Waals surface area contributed by atoms with Crippen molar-refractivity contribution >= 4 is 11.8 Å². The van der Waals surface area contributed by atoms with Crippen molar-refractivity contribution in [3.8, 4) is 0 Å². The van der Waals surface area contributed by atoms with Crippen LogP contribution in [0, 0.1) is 0 Å². The summed E-state index contributed by atoms with van der Waals surface area (Å²) in [5.74, 6) is -0.617. The third-order valence-electron chi connectivity index (χ3n) is 3.02. The Morgan fingerprint density at radius 2 is 2.06 bits per heavy atom. The maximum absolute atomic E-state index is 10.6. The number of aromatic nitrogens is 2. The monoisotopic (exact) mass is 237 g/mol. The van der Waals surface area contributed by atoms with Crippen LogP contribution in [0.2, 0.25) is 0 Å². The third-order valence-corrected chi connectivity index (χ3v) is 3.02. The highest BCUT2D eigenvalue weighted by molar-refractivity contribution is 5.85. The van der Waals surface area contributed by atoms with Crippen molar-refractivity contribution in [1.29, 1.82) is 0 Å². The van der Waals surface area contributed by atoms with Crippen molar-refractivity contribution in [3.63, 3.8) is 0 Å². The molecule has 1 heterocycles. The largest absolute Gasteiger partial charge is 0.476 e. The first-order valence-electron chi connectivity index (χ1n) is 5.62. The van der Waals surface area contributed by atoms with E-state index >= 15 is 0 Å². The van der Waals surface area contributed by atoms with Gasteiger partial charge < -0.3 is 15.5 Å². The van der Waals surface area contributed by atoms with Crippen LogP contribution >= 0.6 is 0 Å². The van der Waals surface area contributed by atoms with Crippen LogP contribution in [0.1, 0.15) is 36.2 Å². The van der Waals surface area contributed by atoms with Crippen LogP contribution in [0.25, 0.3) is 0 Å². The summed E-state index contributed by atoms with van der Waals surface area (Å²) in [4.78, 5) is 10.6. The maximum atomic E-state index is 10.6. The Morgan fingerprint density at radius 1 is 1.35 bits per heavy atom. The molecule has 0 saturated heterocycles. The number of nitrogens with zero attached hydrogens (tertiary/aromatic N) is 2. The molecule has 0 amide bonds. The number of aliphatic hydroxyl groups is 1. The van der Waals surface area contributed by atoms with Gasteiger partial charge >= 0.3 is 5.97 Å². The second kappa shape index (κ2) is 4.67. The van der Waals surface area contributed by atoms with Crippen LogP contribution < -0.4 is 5.32 Å². The summed E-state index contributed by atoms with van der Waals surface area (Å²) >= 11 is 0. The second-order valence-electron chi connectivity index (χ2n) is 4.39. The first-order chi connectivity index (χ1) is 8.09. The Balaban J connectivity index is 1.93. The van der Waals surface area contributed by atoms with E-state index in [1.165, 1.54) is 6.07 Å². The average molecular weight is 237 g/mol. The van der Waals surface area contributed by atoms with E-state index in [1.807, 2.05) is 0 Å². The van der Waals surface area contributed by atoms with Gasteiger partial charge in [0.25, 0.3) is 0 Å². The molecule has 0 atom stereocenters. The van der Waals surface area contributed by atoms with Crippen LogP contribution in [-0.2, 0) is 0 Å². The lowest BCUT2D eigenvalue weighted by Crippen LogP contribution is -2.33. The maximum Gasteiger partial charge on any atom is 0.356 e. The summed E-state index contributed by atoms with van der Waals surface area (Å²) in [6, 6.07) is 2.94. The van der Waals surface area contributed by atoms with Gasteiger partial charge in [0.05, 0.1) is 5.60 Å². The minimum absolute atomic E-state index is 0.0878. The Hall–Kier alpha value is -1.69. The number of hydrogen-bond acceptors (Lipinski definition) is 5. The van der Waals surface area contributed by atoms with E-state index in [-0.39, 0.29) is 5.69 Å². The van der Waals surface area contributed by atoms with Crippen LogP contribution in [0.3, 0.4) is 0 Å². The molecule has 92 valence electrons. The lowest BCUT2D eigenvalue weighted by molar-refractivity contribution is 0.0612. The van der Waals surface area contributed by atoms with Crippen LogP contribution in [0.4, 0.5) is 5.82 Å². The summed E-state index contributed by atoms with van der Waals surface area (Å²) in [6.45, 7) is 0.425. The highest BCUT2D eigenvalue weighted by atomic mass is 16.4. The van der Waals surface area contributed by atoms with Crippen LogP contribution in [0.5, 0.6) is 0 Å². The van der Waals surface area contributed by atoms with E-state index in [0.717, 1.165) is 25.7 Å². The Kier molecular flexibility index (Phi) is 3.23. The summed E-state index contributed by atoms with van der Waals surface area (Å²) in [6.07, 6.45) is 3.67. The van der Waals surface area contributed by atoms with Gasteiger partial charge in [0, 0.05) is 6.54 Å². The van der Waals surface area contributed by atoms with Gasteiger partial charge in [-0.25, -0.2) is 4.79 Å². The van der Waals surface area contributed by atoms with Crippen LogP contribution in [0.15, 0.2) is 12.1 Å². The van der Waals surface area contributed by atoms with Crippen molar-refractivity contribution in [1.82, 2.24) is 10.2 Å². The number of carboxylic acid groups (broad SMARTS) is 1. The summed E-state index contributed by atoms with van der Waals surface area (Å²) in [7, 11) is 0. The summed E-state index contributed by atoms with van der Waals surface area (Å²) in [5, 5.41) is 29.0. The molecule has 2 rings (SSSR count). The zero-order valence-corrected chi connectivity index (χ0v) is 9.39. The van der Waals surface area contributed by atoms with Crippen molar-refractivity contribution in [2.24, 2.45) is 0 Å². The zero-order valence-electron chi connectivity index (χ0n) is 9.39. The minimum Gasteiger partial charge on any atom is -0.476 e. The fourth-order valence-corrected chi connectivity index (χ4v) is 2.01. The molecule has 1 aliphatic carbocycles. The number of hydrogen-bond donors (Lipinski definition) is 3. The number of rotatable bonds is 4. The number of carbonyl (C=O) groups is 1. The average Bonchev–Trinajstić information content (AvgIpc) is 2.75. The Morgan fingerprint density at radius 3 is 2.59 bits per heavy atom. The van der Waals surface area contributed by atoms with Gasteiger partial charge in [0.2, 0.25) is 0 Å². The molecule has 1 saturated carbocycles. The van der Waals surface area contributed by atoms with Crippen molar-refractivity contribution in [2.45, 2.75) is 31.3 Å². The summed E-state index contributed by atoms with van der Waals surface area (Å²) in [5.41, 5.74) is -0.747. The van der Waals surface area contributed by atoms with Gasteiger partial charge in [0.15, 0.2) is 5.69 Å². The molecule has 1 aromatic heterocycles. The zero-order chi connectivity index (χ0) is 12.3. The molecule has 0 unspecified atom stereocenters. The molecule has 0 bridgehead atoms. The molecule has 17 heavy (non-hydrogen) atoms. The minimum atomic E-state index is -1.10. The molecule has 1 aromatic rings. The lowest BCUT2D eigenvalue weighted by atomic mass is 10.0. The molecule has 0 radical (unpaired) electrons. The third kappa shape index (κ3) is 2.91. The van der Waals surface area contributed by atoms with E-state index in [4.69, 9.17) is 5.11 Å². The molecule has 0 aliphatic heterocycles. The molecular formula is C11H15N3O3. The van der Waals surface area contributed by atoms with Gasteiger partial charge in [-0.15, -0.1) is 10.2 Å². The van der Waals surface area contributed by atoms with Gasteiger partial charge in [-0.3, -0.25) is 0 Å². The van der Waals surface area contributed by atoms with Crippen molar-refractivity contribution in [3.05, 3.63) is 17.8 Å². The fraction of sp³-hybridized carbons (Fsp3) is 0.545. The highest BCUT2D eigenvalue weighted by Gasteiger charge is 2.30. The number of aromatic carboxylic acids is 1. The van der Waals surface area contributed by atoms with Crippen molar-refractivity contribution in [2.75, 3.05) is 11.9 Å².